The summed E-state index contributed by atoms with van der Waals surface area (Å²) in [5.74, 6) is 0.750. The first-order valence-electron chi connectivity index (χ1n) is 7.37. The minimum absolute atomic E-state index is 0.515. The summed E-state index contributed by atoms with van der Waals surface area (Å²) in [6.07, 6.45) is 3.22. The summed E-state index contributed by atoms with van der Waals surface area (Å²) in [6.45, 7) is 11.8. The average molecular weight is 263 g/mol. The molecule has 0 saturated carbocycles. The van der Waals surface area contributed by atoms with Gasteiger partial charge in [-0.15, -0.1) is 0 Å². The van der Waals surface area contributed by atoms with Crippen LogP contribution in [0.3, 0.4) is 0 Å². The largest absolute Gasteiger partial charge is 0.310 e. The summed E-state index contributed by atoms with van der Waals surface area (Å²) < 4.78 is 0. The molecule has 1 N–H and O–H groups in total. The molecule has 1 unspecified atom stereocenters. The molecule has 19 heavy (non-hydrogen) atoms. The summed E-state index contributed by atoms with van der Waals surface area (Å²) in [6, 6.07) is 4.83. The third kappa shape index (κ3) is 6.69. The Labute approximate surface area is 118 Å². The number of hydrogen-bond donors (Lipinski definition) is 1. The fourth-order valence-electron chi connectivity index (χ4n) is 1.98. The highest BCUT2D eigenvalue weighted by Crippen LogP contribution is 2.07. The Morgan fingerprint density at radius 3 is 2.53 bits per heavy atom. The van der Waals surface area contributed by atoms with E-state index >= 15 is 0 Å². The third-order valence-electron chi connectivity index (χ3n) is 3.35. The molecule has 3 nitrogen and oxygen atoms in total. The number of nitrogens with one attached hydrogen (secondary N) is 1. The second-order valence-corrected chi connectivity index (χ2v) is 5.90. The van der Waals surface area contributed by atoms with Crippen molar-refractivity contribution in [3.63, 3.8) is 0 Å². The first kappa shape index (κ1) is 16.1. The molecular weight excluding hydrogens is 234 g/mol. The van der Waals surface area contributed by atoms with Crippen LogP contribution in [-0.4, -0.2) is 29.5 Å². The average Bonchev–Trinajstić information content (AvgIpc) is 2.37. The monoisotopic (exact) mass is 263 g/mol. The van der Waals surface area contributed by atoms with Gasteiger partial charge in [0.1, 0.15) is 0 Å². The van der Waals surface area contributed by atoms with E-state index < -0.39 is 0 Å². The Balaban J connectivity index is 2.43. The summed E-state index contributed by atoms with van der Waals surface area (Å²) in [4.78, 5) is 6.90. The van der Waals surface area contributed by atoms with Crippen LogP contribution in [-0.2, 0) is 13.1 Å². The van der Waals surface area contributed by atoms with Gasteiger partial charge in [-0.1, -0.05) is 40.2 Å². The number of hydrogen-bond acceptors (Lipinski definition) is 3. The van der Waals surface area contributed by atoms with E-state index in [1.54, 1.807) is 0 Å². The molecule has 0 bridgehead atoms. The quantitative estimate of drug-likeness (QED) is 0.781. The highest BCUT2D eigenvalue weighted by atomic mass is 15.1. The zero-order valence-corrected chi connectivity index (χ0v) is 13.1. The number of pyridine rings is 1. The lowest BCUT2D eigenvalue weighted by atomic mass is 10.1. The maximum Gasteiger partial charge on any atom is 0.0544 e. The van der Waals surface area contributed by atoms with E-state index in [0.717, 1.165) is 31.2 Å². The molecule has 0 spiro atoms. The van der Waals surface area contributed by atoms with Gasteiger partial charge in [0.15, 0.2) is 0 Å². The summed E-state index contributed by atoms with van der Waals surface area (Å²) in [5, 5.41) is 3.41. The van der Waals surface area contributed by atoms with Crippen molar-refractivity contribution >= 4 is 0 Å². The molecule has 0 radical (unpaired) electrons. The number of nitrogens with zero attached hydrogens (tertiary/aromatic N) is 2. The molecule has 1 heterocycles. The van der Waals surface area contributed by atoms with Gasteiger partial charge in [0.2, 0.25) is 0 Å². The molecule has 0 aliphatic heterocycles. The molecule has 0 fully saturated rings. The van der Waals surface area contributed by atoms with Gasteiger partial charge in [0.05, 0.1) is 5.69 Å². The van der Waals surface area contributed by atoms with E-state index in [1.165, 1.54) is 12.0 Å². The van der Waals surface area contributed by atoms with Gasteiger partial charge in [0.25, 0.3) is 0 Å². The van der Waals surface area contributed by atoms with Crippen LogP contribution in [0.25, 0.3) is 0 Å². The molecule has 1 aromatic rings. The van der Waals surface area contributed by atoms with Gasteiger partial charge in [-0.2, -0.15) is 0 Å². The van der Waals surface area contributed by atoms with Crippen LogP contribution < -0.4 is 5.32 Å². The molecule has 0 aromatic carbocycles. The number of rotatable bonds is 8. The minimum Gasteiger partial charge on any atom is -0.310 e. The van der Waals surface area contributed by atoms with Crippen LogP contribution in [0, 0.1) is 5.92 Å². The fourth-order valence-corrected chi connectivity index (χ4v) is 1.98. The van der Waals surface area contributed by atoms with E-state index in [0.29, 0.717) is 6.04 Å². The van der Waals surface area contributed by atoms with Gasteiger partial charge in [0, 0.05) is 31.9 Å². The van der Waals surface area contributed by atoms with E-state index in [2.05, 4.69) is 62.1 Å². The van der Waals surface area contributed by atoms with Crippen molar-refractivity contribution in [1.29, 1.82) is 0 Å². The molecule has 1 atom stereocenters. The molecule has 0 aliphatic rings. The second kappa shape index (κ2) is 8.28. The van der Waals surface area contributed by atoms with Crippen molar-refractivity contribution < 1.29 is 0 Å². The SMILES string of the molecule is CCC(C)CN(C)Cc1ccc(CNC(C)C)cn1. The van der Waals surface area contributed by atoms with Crippen molar-refractivity contribution in [3.05, 3.63) is 29.6 Å². The molecule has 0 saturated heterocycles. The van der Waals surface area contributed by atoms with Crippen LogP contribution in [0.2, 0.25) is 0 Å². The van der Waals surface area contributed by atoms with Crippen molar-refractivity contribution in [2.45, 2.75) is 53.2 Å². The fraction of sp³-hybridized carbons (Fsp3) is 0.688. The Morgan fingerprint density at radius 1 is 1.26 bits per heavy atom. The lowest BCUT2D eigenvalue weighted by Gasteiger charge is -2.20. The van der Waals surface area contributed by atoms with Crippen molar-refractivity contribution in [3.8, 4) is 0 Å². The predicted molar refractivity (Wildman–Crippen MR) is 82.0 cm³/mol. The van der Waals surface area contributed by atoms with Gasteiger partial charge in [-0.05, 0) is 24.6 Å². The maximum absolute atomic E-state index is 4.55. The zero-order valence-electron chi connectivity index (χ0n) is 13.1. The van der Waals surface area contributed by atoms with Crippen LogP contribution >= 0.6 is 0 Å². The first-order chi connectivity index (χ1) is 9.01. The smallest absolute Gasteiger partial charge is 0.0544 e. The Hall–Kier alpha value is -0.930. The van der Waals surface area contributed by atoms with E-state index in [4.69, 9.17) is 0 Å². The maximum atomic E-state index is 4.55. The first-order valence-corrected chi connectivity index (χ1v) is 7.37. The molecule has 108 valence electrons. The van der Waals surface area contributed by atoms with Crippen LogP contribution in [0.15, 0.2) is 18.3 Å². The van der Waals surface area contributed by atoms with Gasteiger partial charge < -0.3 is 10.2 Å². The van der Waals surface area contributed by atoms with Gasteiger partial charge in [-0.25, -0.2) is 0 Å². The van der Waals surface area contributed by atoms with Crippen LogP contribution in [0.5, 0.6) is 0 Å². The zero-order chi connectivity index (χ0) is 14.3. The highest BCUT2D eigenvalue weighted by Gasteiger charge is 2.06. The minimum atomic E-state index is 0.515. The highest BCUT2D eigenvalue weighted by molar-refractivity contribution is 5.14. The van der Waals surface area contributed by atoms with Crippen LogP contribution in [0.1, 0.15) is 45.4 Å². The molecule has 0 amide bonds. The Bertz CT molecular complexity index is 346. The third-order valence-corrected chi connectivity index (χ3v) is 3.35. The van der Waals surface area contributed by atoms with E-state index in [-0.39, 0.29) is 0 Å². The van der Waals surface area contributed by atoms with Crippen molar-refractivity contribution in [1.82, 2.24) is 15.2 Å². The second-order valence-electron chi connectivity index (χ2n) is 5.90. The molecule has 0 aliphatic carbocycles. The topological polar surface area (TPSA) is 28.2 Å². The van der Waals surface area contributed by atoms with Crippen molar-refractivity contribution in [2.24, 2.45) is 5.92 Å². The molecular formula is C16H29N3. The summed E-state index contributed by atoms with van der Waals surface area (Å²) in [7, 11) is 2.17. The molecule has 3 heteroatoms. The van der Waals surface area contributed by atoms with Gasteiger partial charge >= 0.3 is 0 Å². The Morgan fingerprint density at radius 2 is 2.00 bits per heavy atom. The van der Waals surface area contributed by atoms with E-state index in [1.807, 2.05) is 6.20 Å². The van der Waals surface area contributed by atoms with Crippen LogP contribution in [0.4, 0.5) is 0 Å². The lowest BCUT2D eigenvalue weighted by molar-refractivity contribution is 0.272. The number of aromatic nitrogens is 1. The summed E-state index contributed by atoms with van der Waals surface area (Å²) in [5.41, 5.74) is 2.40. The molecule has 1 rings (SSSR count). The Kier molecular flexibility index (Phi) is 7.03. The standard InChI is InChI=1S/C16H29N3/c1-6-14(4)11-19(5)12-16-8-7-15(10-18-16)9-17-13(2)3/h7-8,10,13-14,17H,6,9,11-12H2,1-5H3. The lowest BCUT2D eigenvalue weighted by Crippen LogP contribution is -2.24. The summed E-state index contributed by atoms with van der Waals surface area (Å²) >= 11 is 0. The normalized spacial score (nSPS) is 13.2. The molecule has 1 aromatic heterocycles. The van der Waals surface area contributed by atoms with Crippen molar-refractivity contribution in [2.75, 3.05) is 13.6 Å². The van der Waals surface area contributed by atoms with Gasteiger partial charge in [-0.3, -0.25) is 4.98 Å². The van der Waals surface area contributed by atoms with E-state index in [9.17, 15) is 0 Å². The predicted octanol–water partition coefficient (Wildman–Crippen LogP) is 3.06.